The molecule has 0 N–H and O–H groups in total. The van der Waals surface area contributed by atoms with E-state index < -0.39 is 0 Å². The largest absolute Gasteiger partial charge is 0.494 e. The van der Waals surface area contributed by atoms with Crippen molar-refractivity contribution in [2.24, 2.45) is 0 Å². The third kappa shape index (κ3) is 8.28. The highest BCUT2D eigenvalue weighted by Gasteiger charge is 2.12. The quantitative estimate of drug-likeness (QED) is 0.0800. The van der Waals surface area contributed by atoms with Crippen LogP contribution in [0.3, 0.4) is 0 Å². The maximum absolute atomic E-state index is 6.12. The Morgan fingerprint density at radius 2 is 1.24 bits per heavy atom. The maximum atomic E-state index is 6.12. The molecule has 0 amide bonds. The molecule has 0 spiro atoms. The van der Waals surface area contributed by atoms with Gasteiger partial charge in [-0.15, -0.1) is 11.3 Å². The third-order valence-corrected chi connectivity index (χ3v) is 8.39. The van der Waals surface area contributed by atoms with Crippen LogP contribution < -0.4 is 28.4 Å². The number of aromatic nitrogens is 1. The van der Waals surface area contributed by atoms with Crippen LogP contribution in [-0.4, -0.2) is 46.6 Å². The first kappa shape index (κ1) is 31.7. The standard InChI is InChI=1S/C37H39NO6S/c1-39-31-20-15-26(13-14-27-24-33(40-2)36(42-4)34(25-27)41-3)23-32(31)44-22-10-6-5-9-21-43-29-18-16-28(17-19-29)37-38-30-11-7-8-12-35(30)45-37/h7-8,11-20,23-25H,5-6,9-10,21-22H2,1-4H3. The average molecular weight is 626 g/mol. The van der Waals surface area contributed by atoms with Crippen LogP contribution in [0.25, 0.3) is 32.9 Å². The van der Waals surface area contributed by atoms with E-state index in [1.54, 1.807) is 39.8 Å². The van der Waals surface area contributed by atoms with Crippen LogP contribution in [0.5, 0.6) is 34.5 Å². The number of hydrogen-bond donors (Lipinski definition) is 0. The second kappa shape index (κ2) is 15.9. The van der Waals surface area contributed by atoms with Gasteiger partial charge in [-0.25, -0.2) is 4.98 Å². The fourth-order valence-corrected chi connectivity index (χ4v) is 5.89. The van der Waals surface area contributed by atoms with E-state index in [2.05, 4.69) is 18.2 Å². The summed E-state index contributed by atoms with van der Waals surface area (Å²) >= 11 is 1.71. The molecule has 0 aliphatic carbocycles. The third-order valence-electron chi connectivity index (χ3n) is 7.30. The Balaban J connectivity index is 1.05. The summed E-state index contributed by atoms with van der Waals surface area (Å²) in [6.45, 7) is 1.31. The number of benzene rings is 4. The van der Waals surface area contributed by atoms with E-state index in [0.717, 1.165) is 64.4 Å². The molecule has 7 nitrogen and oxygen atoms in total. The zero-order valence-corrected chi connectivity index (χ0v) is 27.0. The summed E-state index contributed by atoms with van der Waals surface area (Å²) in [5, 5.41) is 1.03. The Labute approximate surface area is 269 Å². The van der Waals surface area contributed by atoms with Crippen LogP contribution >= 0.6 is 11.3 Å². The van der Waals surface area contributed by atoms with E-state index in [9.17, 15) is 0 Å². The summed E-state index contributed by atoms with van der Waals surface area (Å²) in [7, 11) is 6.47. The Hall–Kier alpha value is -4.69. The van der Waals surface area contributed by atoms with Gasteiger partial charge in [0.2, 0.25) is 5.75 Å². The molecule has 5 rings (SSSR count). The molecule has 1 heterocycles. The SMILES string of the molecule is COc1ccc(C=Cc2cc(OC)c(OC)c(OC)c2)cc1OCCCCCCOc1ccc(-c2nc3ccccc3s2)cc1. The Morgan fingerprint density at radius 3 is 1.91 bits per heavy atom. The molecule has 0 aliphatic heterocycles. The lowest BCUT2D eigenvalue weighted by Gasteiger charge is -2.13. The van der Waals surface area contributed by atoms with E-state index in [1.807, 2.05) is 72.8 Å². The van der Waals surface area contributed by atoms with Crippen molar-refractivity contribution in [3.05, 3.63) is 90.0 Å². The number of nitrogens with zero attached hydrogens (tertiary/aromatic N) is 1. The van der Waals surface area contributed by atoms with Crippen LogP contribution in [0.15, 0.2) is 78.9 Å². The van der Waals surface area contributed by atoms with Gasteiger partial charge in [-0.2, -0.15) is 0 Å². The number of ether oxygens (including phenoxy) is 6. The Bertz CT molecular complexity index is 1650. The van der Waals surface area contributed by atoms with Gasteiger partial charge in [0.25, 0.3) is 0 Å². The summed E-state index contributed by atoms with van der Waals surface area (Å²) in [6.07, 6.45) is 8.08. The van der Waals surface area contributed by atoms with Gasteiger partial charge in [-0.3, -0.25) is 0 Å². The van der Waals surface area contributed by atoms with Gasteiger partial charge in [0, 0.05) is 5.56 Å². The van der Waals surface area contributed by atoms with Gasteiger partial charge in [0.15, 0.2) is 23.0 Å². The number of para-hydroxylation sites is 1. The van der Waals surface area contributed by atoms with Gasteiger partial charge < -0.3 is 28.4 Å². The Kier molecular flexibility index (Phi) is 11.2. The van der Waals surface area contributed by atoms with Crippen LogP contribution in [0.1, 0.15) is 36.8 Å². The molecule has 5 aromatic rings. The molecule has 234 valence electrons. The van der Waals surface area contributed by atoms with Crippen molar-refractivity contribution in [1.82, 2.24) is 4.98 Å². The van der Waals surface area contributed by atoms with Gasteiger partial charge in [0.1, 0.15) is 10.8 Å². The first-order valence-corrected chi connectivity index (χ1v) is 15.8. The molecular weight excluding hydrogens is 586 g/mol. The molecule has 0 radical (unpaired) electrons. The molecule has 0 fully saturated rings. The summed E-state index contributed by atoms with van der Waals surface area (Å²) < 4.78 is 35.2. The molecule has 0 atom stereocenters. The van der Waals surface area contributed by atoms with Crippen LogP contribution in [0.4, 0.5) is 0 Å². The fourth-order valence-electron chi connectivity index (χ4n) is 4.92. The summed E-state index contributed by atoms with van der Waals surface area (Å²) in [5.41, 5.74) is 4.07. The second-order valence-corrected chi connectivity index (χ2v) is 11.4. The van der Waals surface area contributed by atoms with E-state index in [0.29, 0.717) is 36.2 Å². The first-order valence-electron chi connectivity index (χ1n) is 15.0. The van der Waals surface area contributed by atoms with Gasteiger partial charge in [-0.05, 0) is 97.5 Å². The second-order valence-electron chi connectivity index (χ2n) is 10.3. The lowest BCUT2D eigenvalue weighted by molar-refractivity contribution is 0.277. The molecule has 0 saturated heterocycles. The molecule has 4 aromatic carbocycles. The zero-order chi connectivity index (χ0) is 31.4. The van der Waals surface area contributed by atoms with Gasteiger partial charge >= 0.3 is 0 Å². The van der Waals surface area contributed by atoms with Gasteiger partial charge in [-0.1, -0.05) is 30.4 Å². The number of fused-ring (bicyclic) bond motifs is 1. The topological polar surface area (TPSA) is 68.3 Å². The summed E-state index contributed by atoms with van der Waals surface area (Å²) in [5.74, 6) is 4.10. The minimum absolute atomic E-state index is 0.566. The lowest BCUT2D eigenvalue weighted by atomic mass is 10.1. The highest BCUT2D eigenvalue weighted by Crippen LogP contribution is 2.39. The van der Waals surface area contributed by atoms with Crippen molar-refractivity contribution in [1.29, 1.82) is 0 Å². The summed E-state index contributed by atoms with van der Waals surface area (Å²) in [6, 6.07) is 26.2. The molecule has 1 aromatic heterocycles. The predicted octanol–water partition coefficient (Wildman–Crippen LogP) is 9.19. The normalized spacial score (nSPS) is 11.1. The van der Waals surface area contributed by atoms with Crippen molar-refractivity contribution < 1.29 is 28.4 Å². The Morgan fingerprint density at radius 1 is 0.600 bits per heavy atom. The number of hydrogen-bond acceptors (Lipinski definition) is 8. The van der Waals surface area contributed by atoms with Crippen LogP contribution in [0.2, 0.25) is 0 Å². The minimum Gasteiger partial charge on any atom is -0.494 e. The van der Waals surface area contributed by atoms with Crippen molar-refractivity contribution >= 4 is 33.7 Å². The van der Waals surface area contributed by atoms with E-state index in [-0.39, 0.29) is 0 Å². The smallest absolute Gasteiger partial charge is 0.203 e. The van der Waals surface area contributed by atoms with E-state index in [4.69, 9.17) is 33.4 Å². The molecule has 0 unspecified atom stereocenters. The lowest BCUT2D eigenvalue weighted by Crippen LogP contribution is -2.01. The number of thiazole rings is 1. The van der Waals surface area contributed by atoms with Gasteiger partial charge in [0.05, 0.1) is 51.9 Å². The molecule has 45 heavy (non-hydrogen) atoms. The zero-order valence-electron chi connectivity index (χ0n) is 26.2. The monoisotopic (exact) mass is 625 g/mol. The molecular formula is C37H39NO6S. The average Bonchev–Trinajstić information content (AvgIpc) is 3.52. The van der Waals surface area contributed by atoms with Crippen molar-refractivity contribution in [2.75, 3.05) is 41.7 Å². The highest BCUT2D eigenvalue weighted by molar-refractivity contribution is 7.21. The van der Waals surface area contributed by atoms with Crippen molar-refractivity contribution in [2.45, 2.75) is 25.7 Å². The highest BCUT2D eigenvalue weighted by atomic mass is 32.1. The first-order chi connectivity index (χ1) is 22.1. The number of methoxy groups -OCH3 is 4. The predicted molar refractivity (Wildman–Crippen MR) is 183 cm³/mol. The van der Waals surface area contributed by atoms with E-state index in [1.165, 1.54) is 4.70 Å². The van der Waals surface area contributed by atoms with Crippen molar-refractivity contribution in [3.63, 3.8) is 0 Å². The molecule has 0 bridgehead atoms. The fraction of sp³-hybridized carbons (Fsp3) is 0.270. The summed E-state index contributed by atoms with van der Waals surface area (Å²) in [4.78, 5) is 4.74. The number of rotatable bonds is 16. The van der Waals surface area contributed by atoms with Crippen molar-refractivity contribution in [3.8, 4) is 45.1 Å². The number of unbranched alkanes of at least 4 members (excludes halogenated alkanes) is 3. The maximum Gasteiger partial charge on any atom is 0.203 e. The van der Waals surface area contributed by atoms with Crippen LogP contribution in [-0.2, 0) is 0 Å². The van der Waals surface area contributed by atoms with Crippen LogP contribution in [0, 0.1) is 0 Å². The minimum atomic E-state index is 0.566. The molecule has 8 heteroatoms. The van der Waals surface area contributed by atoms with E-state index >= 15 is 0 Å². The molecule has 0 saturated carbocycles. The molecule has 0 aliphatic rings.